The summed E-state index contributed by atoms with van der Waals surface area (Å²) < 4.78 is 0. The van der Waals surface area contributed by atoms with Crippen LogP contribution in [0, 0.1) is 5.92 Å². The highest BCUT2D eigenvalue weighted by Gasteiger charge is 2.20. The van der Waals surface area contributed by atoms with Gasteiger partial charge in [-0.1, -0.05) is 26.3 Å². The van der Waals surface area contributed by atoms with Crippen molar-refractivity contribution < 1.29 is 9.90 Å². The number of hydrogen-bond donors (Lipinski definition) is 2. The molecule has 1 aliphatic carbocycles. The molecule has 0 bridgehead atoms. The minimum absolute atomic E-state index is 0.253. The Morgan fingerprint density at radius 2 is 2.14 bits per heavy atom. The van der Waals surface area contributed by atoms with Crippen molar-refractivity contribution in [2.45, 2.75) is 38.6 Å². The first kappa shape index (κ1) is 11.2. The molecule has 3 nitrogen and oxygen atoms in total. The van der Waals surface area contributed by atoms with Crippen molar-refractivity contribution >= 4 is 5.97 Å². The fourth-order valence-corrected chi connectivity index (χ4v) is 1.95. The number of hydrogen-bond acceptors (Lipinski definition) is 2. The highest BCUT2D eigenvalue weighted by molar-refractivity contribution is 5.86. The van der Waals surface area contributed by atoms with Crippen LogP contribution in [-0.2, 0) is 4.79 Å². The van der Waals surface area contributed by atoms with Crippen LogP contribution in [0.2, 0.25) is 0 Å². The first-order valence-electron chi connectivity index (χ1n) is 5.25. The first-order valence-corrected chi connectivity index (χ1v) is 5.25. The van der Waals surface area contributed by atoms with Crippen molar-refractivity contribution in [2.75, 3.05) is 6.54 Å². The van der Waals surface area contributed by atoms with Gasteiger partial charge in [-0.25, -0.2) is 4.79 Å². The molecule has 14 heavy (non-hydrogen) atoms. The minimum Gasteiger partial charge on any atom is -0.478 e. The molecule has 1 saturated carbocycles. The number of carboxylic acids is 1. The summed E-state index contributed by atoms with van der Waals surface area (Å²) in [6.07, 6.45) is 4.96. The van der Waals surface area contributed by atoms with Gasteiger partial charge in [0.05, 0.1) is 0 Å². The van der Waals surface area contributed by atoms with Crippen LogP contribution in [0.25, 0.3) is 0 Å². The van der Waals surface area contributed by atoms with Gasteiger partial charge < -0.3 is 10.4 Å². The molecule has 0 aromatic heterocycles. The van der Waals surface area contributed by atoms with Gasteiger partial charge in [0.25, 0.3) is 0 Å². The van der Waals surface area contributed by atoms with Gasteiger partial charge in [0.2, 0.25) is 0 Å². The Morgan fingerprint density at radius 1 is 1.50 bits per heavy atom. The predicted octanol–water partition coefficient (Wildman–Crippen LogP) is 1.80. The van der Waals surface area contributed by atoms with Crippen LogP contribution in [0.5, 0.6) is 0 Å². The third-order valence-electron chi connectivity index (χ3n) is 2.99. The smallest absolute Gasteiger partial charge is 0.332 e. The molecule has 2 N–H and O–H groups in total. The number of carbonyl (C=O) groups is 1. The predicted molar refractivity (Wildman–Crippen MR) is 56.2 cm³/mol. The second kappa shape index (κ2) is 5.15. The van der Waals surface area contributed by atoms with Gasteiger partial charge in [-0.3, -0.25) is 0 Å². The molecule has 0 aliphatic heterocycles. The van der Waals surface area contributed by atoms with Gasteiger partial charge in [-0.15, -0.1) is 0 Å². The second-order valence-corrected chi connectivity index (χ2v) is 4.16. The van der Waals surface area contributed by atoms with Crippen molar-refractivity contribution in [3.05, 3.63) is 12.2 Å². The number of rotatable bonds is 4. The zero-order valence-corrected chi connectivity index (χ0v) is 8.75. The number of aliphatic carboxylic acids is 1. The Balaban J connectivity index is 2.29. The van der Waals surface area contributed by atoms with Crippen molar-refractivity contribution in [1.29, 1.82) is 0 Å². The third kappa shape index (κ3) is 3.14. The lowest BCUT2D eigenvalue weighted by Gasteiger charge is -2.29. The van der Waals surface area contributed by atoms with Crippen molar-refractivity contribution in [3.63, 3.8) is 0 Å². The van der Waals surface area contributed by atoms with Gasteiger partial charge in [-0.05, 0) is 18.8 Å². The molecule has 0 saturated heterocycles. The molecule has 2 atom stereocenters. The van der Waals surface area contributed by atoms with E-state index in [-0.39, 0.29) is 5.57 Å². The molecule has 0 heterocycles. The van der Waals surface area contributed by atoms with E-state index in [2.05, 4.69) is 18.8 Å². The lowest BCUT2D eigenvalue weighted by atomic mass is 9.86. The van der Waals surface area contributed by atoms with Gasteiger partial charge in [0.15, 0.2) is 0 Å². The number of carboxylic acid groups (broad SMARTS) is 1. The molecule has 0 radical (unpaired) electrons. The zero-order valence-electron chi connectivity index (χ0n) is 8.75. The third-order valence-corrected chi connectivity index (χ3v) is 2.99. The van der Waals surface area contributed by atoms with E-state index in [1.165, 1.54) is 19.3 Å². The standard InChI is InChI=1S/C11H19NO2/c1-8-5-3-4-6-10(8)12-7-9(2)11(13)14/h8,10,12H,2-7H2,1H3,(H,13,14). The zero-order chi connectivity index (χ0) is 10.6. The van der Waals surface area contributed by atoms with E-state index in [9.17, 15) is 4.79 Å². The SMILES string of the molecule is C=C(CNC1CCCCC1C)C(=O)O. The van der Waals surface area contributed by atoms with Gasteiger partial charge >= 0.3 is 5.97 Å². The second-order valence-electron chi connectivity index (χ2n) is 4.16. The van der Waals surface area contributed by atoms with Crippen LogP contribution in [0.15, 0.2) is 12.2 Å². The van der Waals surface area contributed by atoms with Crippen molar-refractivity contribution in [2.24, 2.45) is 5.92 Å². The Hall–Kier alpha value is -0.830. The summed E-state index contributed by atoms with van der Waals surface area (Å²) in [6.45, 7) is 6.13. The van der Waals surface area contributed by atoms with E-state index in [1.54, 1.807) is 0 Å². The summed E-state index contributed by atoms with van der Waals surface area (Å²) in [7, 11) is 0. The number of nitrogens with one attached hydrogen (secondary N) is 1. The lowest BCUT2D eigenvalue weighted by Crippen LogP contribution is -2.38. The van der Waals surface area contributed by atoms with Crippen molar-refractivity contribution in [3.8, 4) is 0 Å². The quantitative estimate of drug-likeness (QED) is 0.676. The molecular formula is C11H19NO2. The summed E-state index contributed by atoms with van der Waals surface area (Å²) in [4.78, 5) is 10.5. The van der Waals surface area contributed by atoms with Gasteiger partial charge in [0.1, 0.15) is 0 Å². The van der Waals surface area contributed by atoms with Crippen LogP contribution in [-0.4, -0.2) is 23.7 Å². The maximum atomic E-state index is 10.5. The molecule has 1 rings (SSSR count). The molecule has 0 aromatic carbocycles. The molecule has 1 aliphatic rings. The van der Waals surface area contributed by atoms with E-state index in [0.717, 1.165) is 6.42 Å². The topological polar surface area (TPSA) is 49.3 Å². The molecule has 3 heteroatoms. The van der Waals surface area contributed by atoms with E-state index < -0.39 is 5.97 Å². The molecular weight excluding hydrogens is 178 g/mol. The summed E-state index contributed by atoms with van der Waals surface area (Å²) in [5, 5.41) is 11.9. The van der Waals surface area contributed by atoms with E-state index in [0.29, 0.717) is 18.5 Å². The van der Waals surface area contributed by atoms with E-state index in [4.69, 9.17) is 5.11 Å². The van der Waals surface area contributed by atoms with Crippen molar-refractivity contribution in [1.82, 2.24) is 5.32 Å². The molecule has 2 unspecified atom stereocenters. The Labute approximate surface area is 85.2 Å². The Bertz CT molecular complexity index is 225. The molecule has 1 fully saturated rings. The fraction of sp³-hybridized carbons (Fsp3) is 0.727. The minimum atomic E-state index is -0.902. The fourth-order valence-electron chi connectivity index (χ4n) is 1.95. The largest absolute Gasteiger partial charge is 0.478 e. The van der Waals surface area contributed by atoms with E-state index >= 15 is 0 Å². The normalized spacial score (nSPS) is 27.2. The Morgan fingerprint density at radius 3 is 2.71 bits per heavy atom. The summed E-state index contributed by atoms with van der Waals surface area (Å²) >= 11 is 0. The average molecular weight is 197 g/mol. The van der Waals surface area contributed by atoms with Gasteiger partial charge in [0, 0.05) is 18.2 Å². The maximum absolute atomic E-state index is 10.5. The Kier molecular flexibility index (Phi) is 4.14. The molecule has 0 aromatic rings. The molecule has 80 valence electrons. The first-order chi connectivity index (χ1) is 6.61. The van der Waals surface area contributed by atoms with E-state index in [1.807, 2.05) is 0 Å². The van der Waals surface area contributed by atoms with Crippen LogP contribution in [0.3, 0.4) is 0 Å². The van der Waals surface area contributed by atoms with Crippen LogP contribution >= 0.6 is 0 Å². The summed E-state index contributed by atoms with van der Waals surface area (Å²) in [5.41, 5.74) is 0.253. The maximum Gasteiger partial charge on any atom is 0.332 e. The van der Waals surface area contributed by atoms with Crippen LogP contribution in [0.4, 0.5) is 0 Å². The summed E-state index contributed by atoms with van der Waals surface area (Å²) in [5.74, 6) is -0.244. The molecule has 0 spiro atoms. The highest BCUT2D eigenvalue weighted by atomic mass is 16.4. The monoisotopic (exact) mass is 197 g/mol. The lowest BCUT2D eigenvalue weighted by molar-refractivity contribution is -0.132. The molecule has 0 amide bonds. The van der Waals surface area contributed by atoms with Crippen LogP contribution < -0.4 is 5.32 Å². The van der Waals surface area contributed by atoms with Crippen LogP contribution in [0.1, 0.15) is 32.6 Å². The van der Waals surface area contributed by atoms with Gasteiger partial charge in [-0.2, -0.15) is 0 Å². The highest BCUT2D eigenvalue weighted by Crippen LogP contribution is 2.23. The summed E-state index contributed by atoms with van der Waals surface area (Å²) in [6, 6.07) is 0.472. The average Bonchev–Trinajstić information content (AvgIpc) is 2.16.